The monoisotopic (exact) mass is 341 g/mol. The summed E-state index contributed by atoms with van der Waals surface area (Å²) in [7, 11) is 0. The number of rotatable bonds is 8. The molecule has 3 rings (SSSR count). The molecule has 0 fully saturated rings. The van der Waals surface area contributed by atoms with E-state index >= 15 is 0 Å². The summed E-state index contributed by atoms with van der Waals surface area (Å²) in [6, 6.07) is 14.6. The number of aromatic nitrogens is 3. The standard InChI is InChI=1S/C18H23N5S/c1-3-22(4-2)17-20-21-18(24-17)23-12-8-11-16(23)14-19-13-15-9-6-5-7-10-15/h5-12,19H,3-4,13-14H2,1-2H3. The molecule has 0 aliphatic rings. The highest BCUT2D eigenvalue weighted by Gasteiger charge is 2.12. The van der Waals surface area contributed by atoms with Gasteiger partial charge < -0.3 is 10.2 Å². The number of hydrogen-bond donors (Lipinski definition) is 1. The van der Waals surface area contributed by atoms with E-state index in [2.05, 4.69) is 75.2 Å². The average Bonchev–Trinajstić information content (AvgIpc) is 3.26. The van der Waals surface area contributed by atoms with Gasteiger partial charge in [-0.2, -0.15) is 0 Å². The van der Waals surface area contributed by atoms with Crippen LogP contribution in [0.25, 0.3) is 5.13 Å². The molecule has 5 nitrogen and oxygen atoms in total. The van der Waals surface area contributed by atoms with Crippen LogP contribution in [0.3, 0.4) is 0 Å². The molecule has 0 bridgehead atoms. The molecule has 1 N–H and O–H groups in total. The van der Waals surface area contributed by atoms with E-state index in [4.69, 9.17) is 0 Å². The van der Waals surface area contributed by atoms with E-state index in [1.807, 2.05) is 12.3 Å². The maximum atomic E-state index is 4.36. The summed E-state index contributed by atoms with van der Waals surface area (Å²) >= 11 is 1.63. The Morgan fingerprint density at radius 1 is 1.00 bits per heavy atom. The predicted octanol–water partition coefficient (Wildman–Crippen LogP) is 3.46. The predicted molar refractivity (Wildman–Crippen MR) is 99.8 cm³/mol. The van der Waals surface area contributed by atoms with E-state index in [0.29, 0.717) is 0 Å². The van der Waals surface area contributed by atoms with Crippen LogP contribution in [0.4, 0.5) is 5.13 Å². The third-order valence-electron chi connectivity index (χ3n) is 3.95. The number of nitrogens with zero attached hydrogens (tertiary/aromatic N) is 4. The van der Waals surface area contributed by atoms with Crippen molar-refractivity contribution in [3.05, 3.63) is 59.9 Å². The Kier molecular flexibility index (Phi) is 5.61. The fourth-order valence-electron chi connectivity index (χ4n) is 2.60. The van der Waals surface area contributed by atoms with Gasteiger partial charge in [0.15, 0.2) is 0 Å². The van der Waals surface area contributed by atoms with E-state index in [0.717, 1.165) is 36.4 Å². The lowest BCUT2D eigenvalue weighted by atomic mass is 10.2. The molecule has 0 aliphatic carbocycles. The lowest BCUT2D eigenvalue weighted by molar-refractivity contribution is 0.668. The molecule has 3 aromatic rings. The van der Waals surface area contributed by atoms with Crippen molar-refractivity contribution in [3.63, 3.8) is 0 Å². The van der Waals surface area contributed by atoms with Gasteiger partial charge in [-0.3, -0.25) is 4.57 Å². The van der Waals surface area contributed by atoms with Gasteiger partial charge in [0, 0.05) is 38.1 Å². The Morgan fingerprint density at radius 3 is 2.54 bits per heavy atom. The van der Waals surface area contributed by atoms with Gasteiger partial charge in [0.25, 0.3) is 0 Å². The fraction of sp³-hybridized carbons (Fsp3) is 0.333. The average molecular weight is 341 g/mol. The quantitative estimate of drug-likeness (QED) is 0.681. The molecule has 0 saturated heterocycles. The molecular formula is C18H23N5S. The molecule has 2 heterocycles. The molecule has 0 atom stereocenters. The molecule has 6 heteroatoms. The molecule has 24 heavy (non-hydrogen) atoms. The summed E-state index contributed by atoms with van der Waals surface area (Å²) in [4.78, 5) is 2.22. The van der Waals surface area contributed by atoms with E-state index in [-0.39, 0.29) is 0 Å². The molecule has 1 aromatic carbocycles. The summed E-state index contributed by atoms with van der Waals surface area (Å²) in [5, 5.41) is 14.1. The van der Waals surface area contributed by atoms with Gasteiger partial charge in [0.1, 0.15) is 0 Å². The number of hydrogen-bond acceptors (Lipinski definition) is 5. The minimum absolute atomic E-state index is 0.794. The highest BCUT2D eigenvalue weighted by molar-refractivity contribution is 7.17. The smallest absolute Gasteiger partial charge is 0.218 e. The SMILES string of the molecule is CCN(CC)c1nnc(-n2cccc2CNCc2ccccc2)s1. The van der Waals surface area contributed by atoms with Crippen LogP contribution >= 0.6 is 11.3 Å². The second-order valence-electron chi connectivity index (χ2n) is 5.50. The molecule has 0 spiro atoms. The lowest BCUT2D eigenvalue weighted by Crippen LogP contribution is -2.21. The van der Waals surface area contributed by atoms with Crippen molar-refractivity contribution >= 4 is 16.5 Å². The zero-order valence-corrected chi connectivity index (χ0v) is 15.0. The largest absolute Gasteiger partial charge is 0.347 e. The minimum Gasteiger partial charge on any atom is -0.347 e. The summed E-state index contributed by atoms with van der Waals surface area (Å²) < 4.78 is 2.11. The highest BCUT2D eigenvalue weighted by atomic mass is 32.1. The Bertz CT molecular complexity index is 746. The fourth-order valence-corrected chi connectivity index (χ4v) is 3.60. The normalized spacial score (nSPS) is 10.9. The van der Waals surface area contributed by atoms with E-state index in [1.165, 1.54) is 11.3 Å². The van der Waals surface area contributed by atoms with Crippen LogP contribution in [-0.4, -0.2) is 27.9 Å². The maximum absolute atomic E-state index is 4.36. The van der Waals surface area contributed by atoms with Gasteiger partial charge in [-0.05, 0) is 31.5 Å². The second kappa shape index (κ2) is 8.08. The first-order valence-corrected chi connectivity index (χ1v) is 9.13. The molecule has 0 amide bonds. The van der Waals surface area contributed by atoms with Gasteiger partial charge >= 0.3 is 0 Å². The zero-order chi connectivity index (χ0) is 16.8. The Morgan fingerprint density at radius 2 is 1.79 bits per heavy atom. The van der Waals surface area contributed by atoms with Gasteiger partial charge in [-0.25, -0.2) is 0 Å². The van der Waals surface area contributed by atoms with Gasteiger partial charge in [0.2, 0.25) is 10.3 Å². The van der Waals surface area contributed by atoms with Crippen molar-refractivity contribution in [2.45, 2.75) is 26.9 Å². The Balaban J connectivity index is 1.67. The molecule has 0 unspecified atom stereocenters. The molecule has 2 aromatic heterocycles. The number of anilines is 1. The first kappa shape index (κ1) is 16.7. The first-order chi connectivity index (χ1) is 11.8. The molecular weight excluding hydrogens is 318 g/mol. The zero-order valence-electron chi connectivity index (χ0n) is 14.1. The molecule has 0 aliphatic heterocycles. The van der Waals surface area contributed by atoms with Gasteiger partial charge in [0.05, 0.1) is 0 Å². The van der Waals surface area contributed by atoms with Crippen molar-refractivity contribution in [1.29, 1.82) is 0 Å². The van der Waals surface area contributed by atoms with Crippen molar-refractivity contribution in [2.24, 2.45) is 0 Å². The highest BCUT2D eigenvalue weighted by Crippen LogP contribution is 2.24. The van der Waals surface area contributed by atoms with Crippen LogP contribution in [0.5, 0.6) is 0 Å². The number of nitrogens with one attached hydrogen (secondary N) is 1. The van der Waals surface area contributed by atoms with Gasteiger partial charge in [-0.15, -0.1) is 10.2 Å². The van der Waals surface area contributed by atoms with Crippen molar-refractivity contribution in [1.82, 2.24) is 20.1 Å². The van der Waals surface area contributed by atoms with Crippen LogP contribution in [0, 0.1) is 0 Å². The Hall–Kier alpha value is -2.18. The van der Waals surface area contributed by atoms with Crippen molar-refractivity contribution in [3.8, 4) is 5.13 Å². The Labute approximate surface area is 147 Å². The van der Waals surface area contributed by atoms with Gasteiger partial charge in [-0.1, -0.05) is 41.7 Å². The van der Waals surface area contributed by atoms with E-state index in [1.54, 1.807) is 11.3 Å². The lowest BCUT2D eigenvalue weighted by Gasteiger charge is -2.15. The number of benzene rings is 1. The third kappa shape index (κ3) is 3.83. The van der Waals surface area contributed by atoms with E-state index in [9.17, 15) is 0 Å². The topological polar surface area (TPSA) is 46.0 Å². The van der Waals surface area contributed by atoms with E-state index < -0.39 is 0 Å². The third-order valence-corrected chi connectivity index (χ3v) is 4.94. The van der Waals surface area contributed by atoms with Crippen LogP contribution < -0.4 is 10.2 Å². The molecule has 0 radical (unpaired) electrons. The minimum atomic E-state index is 0.794. The first-order valence-electron chi connectivity index (χ1n) is 8.31. The van der Waals surface area contributed by atoms with Crippen LogP contribution in [-0.2, 0) is 13.1 Å². The summed E-state index contributed by atoms with van der Waals surface area (Å²) in [6.07, 6.45) is 2.05. The van der Waals surface area contributed by atoms with Crippen LogP contribution in [0.2, 0.25) is 0 Å². The second-order valence-corrected chi connectivity index (χ2v) is 6.43. The summed E-state index contributed by atoms with van der Waals surface area (Å²) in [6.45, 7) is 7.82. The summed E-state index contributed by atoms with van der Waals surface area (Å²) in [5.41, 5.74) is 2.48. The maximum Gasteiger partial charge on any atom is 0.218 e. The van der Waals surface area contributed by atoms with Crippen LogP contribution in [0.15, 0.2) is 48.7 Å². The van der Waals surface area contributed by atoms with Crippen molar-refractivity contribution in [2.75, 3.05) is 18.0 Å². The molecule has 126 valence electrons. The summed E-state index contributed by atoms with van der Waals surface area (Å²) in [5.74, 6) is 0. The van der Waals surface area contributed by atoms with Crippen molar-refractivity contribution < 1.29 is 0 Å². The van der Waals surface area contributed by atoms with Crippen LogP contribution in [0.1, 0.15) is 25.1 Å². The molecule has 0 saturated carbocycles.